The number of carboxylic acids is 1. The molecule has 4 nitrogen and oxygen atoms in total. The van der Waals surface area contributed by atoms with Crippen LogP contribution in [0.2, 0.25) is 5.02 Å². The Hall–Kier alpha value is -1.69. The van der Waals surface area contributed by atoms with Crippen LogP contribution in [-0.4, -0.2) is 17.0 Å². The number of carbonyl (C=O) groups excluding carboxylic acids is 1. The van der Waals surface area contributed by atoms with E-state index in [4.69, 9.17) is 16.7 Å². The van der Waals surface area contributed by atoms with Crippen molar-refractivity contribution in [3.05, 3.63) is 28.8 Å². The molecule has 1 aromatic carbocycles. The van der Waals surface area contributed by atoms with Gasteiger partial charge in [0.05, 0.1) is 17.1 Å². The summed E-state index contributed by atoms with van der Waals surface area (Å²) in [7, 11) is 0. The fourth-order valence-corrected chi connectivity index (χ4v) is 1.33. The monoisotopic (exact) mass is 263 g/mol. The molecule has 0 bridgehead atoms. The van der Waals surface area contributed by atoms with Crippen LogP contribution < -0.4 is 5.32 Å². The smallest absolute Gasteiger partial charge is 0.303 e. The summed E-state index contributed by atoms with van der Waals surface area (Å²) in [5.41, 5.74) is -0.358. The number of aliphatic carboxylic acids is 1. The van der Waals surface area contributed by atoms with Gasteiger partial charge in [0.2, 0.25) is 5.91 Å². The summed E-state index contributed by atoms with van der Waals surface area (Å²) >= 11 is 5.53. The lowest BCUT2D eigenvalue weighted by molar-refractivity contribution is -0.138. The van der Waals surface area contributed by atoms with Gasteiger partial charge < -0.3 is 10.4 Å². The van der Waals surface area contributed by atoms with Gasteiger partial charge in [-0.2, -0.15) is 0 Å². The third-order valence-corrected chi connectivity index (χ3v) is 2.14. The number of anilines is 1. The van der Waals surface area contributed by atoms with Crippen LogP contribution in [-0.2, 0) is 9.59 Å². The Bertz CT molecular complexity index is 442. The van der Waals surface area contributed by atoms with Crippen LogP contribution >= 0.6 is 11.6 Å². The lowest BCUT2D eigenvalue weighted by atomic mass is 10.2. The molecule has 0 aliphatic heterocycles. The molecule has 1 amide bonds. The van der Waals surface area contributed by atoms with Gasteiger partial charge in [-0.15, -0.1) is 0 Å². The minimum atomic E-state index is -1.15. The number of benzene rings is 1. The van der Waals surface area contributed by atoms with E-state index in [2.05, 4.69) is 5.32 Å². The maximum atomic E-state index is 13.2. The molecule has 0 aromatic heterocycles. The number of hydrogen-bond acceptors (Lipinski definition) is 2. The minimum Gasteiger partial charge on any atom is -0.481 e. The van der Waals surface area contributed by atoms with Crippen molar-refractivity contribution in [2.75, 3.05) is 5.32 Å². The highest BCUT2D eigenvalue weighted by molar-refractivity contribution is 6.33. The van der Waals surface area contributed by atoms with Crippen LogP contribution in [0.25, 0.3) is 0 Å². The van der Waals surface area contributed by atoms with E-state index in [0.717, 1.165) is 6.07 Å². The van der Waals surface area contributed by atoms with E-state index in [1.807, 2.05) is 0 Å². The van der Waals surface area contributed by atoms with Gasteiger partial charge in [0.25, 0.3) is 0 Å². The first-order chi connectivity index (χ1) is 7.90. The number of carbonyl (C=O) groups is 2. The molecule has 1 aromatic rings. The van der Waals surface area contributed by atoms with Crippen LogP contribution in [0.15, 0.2) is 12.1 Å². The summed E-state index contributed by atoms with van der Waals surface area (Å²) in [6, 6.07) is 1.41. The zero-order valence-electron chi connectivity index (χ0n) is 8.47. The molecule has 0 aliphatic rings. The molecule has 0 saturated carbocycles. The van der Waals surface area contributed by atoms with Gasteiger partial charge in [-0.1, -0.05) is 11.6 Å². The largest absolute Gasteiger partial charge is 0.481 e. The summed E-state index contributed by atoms with van der Waals surface area (Å²) in [6.07, 6.45) is -0.700. The van der Waals surface area contributed by atoms with E-state index in [1.165, 1.54) is 0 Å². The highest BCUT2D eigenvalue weighted by atomic mass is 35.5. The third-order valence-electron chi connectivity index (χ3n) is 1.84. The first-order valence-electron chi connectivity index (χ1n) is 4.56. The van der Waals surface area contributed by atoms with Crippen LogP contribution in [0.3, 0.4) is 0 Å². The van der Waals surface area contributed by atoms with E-state index in [0.29, 0.717) is 6.07 Å². The number of nitrogens with one attached hydrogen (secondary N) is 1. The molecule has 1 rings (SSSR count). The molecule has 0 unspecified atom stereocenters. The zero-order valence-corrected chi connectivity index (χ0v) is 9.22. The summed E-state index contributed by atoms with van der Waals surface area (Å²) in [5, 5.41) is 10.1. The van der Waals surface area contributed by atoms with Crippen molar-refractivity contribution < 1.29 is 23.5 Å². The SMILES string of the molecule is O=C(O)CCC(=O)Nc1c(F)cc(F)cc1Cl. The standard InChI is InChI=1S/C10H8ClF2NO3/c11-6-3-5(12)4-7(13)10(6)14-8(15)1-2-9(16)17/h3-4H,1-2H2,(H,14,15)(H,16,17). The summed E-state index contributed by atoms with van der Waals surface area (Å²) in [5.74, 6) is -3.74. The number of halogens is 3. The van der Waals surface area contributed by atoms with E-state index >= 15 is 0 Å². The van der Waals surface area contributed by atoms with E-state index < -0.39 is 23.5 Å². The van der Waals surface area contributed by atoms with Gasteiger partial charge >= 0.3 is 5.97 Å². The van der Waals surface area contributed by atoms with Gasteiger partial charge in [-0.3, -0.25) is 9.59 Å². The Morgan fingerprint density at radius 1 is 1.29 bits per heavy atom. The predicted octanol–water partition coefficient (Wildman–Crippen LogP) is 2.42. The van der Waals surface area contributed by atoms with Crippen molar-refractivity contribution in [1.82, 2.24) is 0 Å². The van der Waals surface area contributed by atoms with E-state index in [1.54, 1.807) is 0 Å². The minimum absolute atomic E-state index is 0.286. The first kappa shape index (κ1) is 13.4. The highest BCUT2D eigenvalue weighted by Gasteiger charge is 2.13. The molecule has 0 aliphatic carbocycles. The summed E-state index contributed by atoms with van der Waals surface area (Å²) < 4.78 is 25.9. The Labute approximate surface area is 100 Å². The topological polar surface area (TPSA) is 66.4 Å². The number of rotatable bonds is 4. The van der Waals surface area contributed by atoms with Crippen molar-refractivity contribution in [3.8, 4) is 0 Å². The van der Waals surface area contributed by atoms with Crippen LogP contribution in [0, 0.1) is 11.6 Å². The second-order valence-electron chi connectivity index (χ2n) is 3.19. The second kappa shape index (κ2) is 5.58. The first-order valence-corrected chi connectivity index (χ1v) is 4.94. The molecule has 17 heavy (non-hydrogen) atoms. The molecule has 0 spiro atoms. The van der Waals surface area contributed by atoms with Crippen molar-refractivity contribution in [1.29, 1.82) is 0 Å². The van der Waals surface area contributed by atoms with Crippen molar-refractivity contribution in [3.63, 3.8) is 0 Å². The number of hydrogen-bond donors (Lipinski definition) is 2. The molecule has 7 heteroatoms. The Morgan fingerprint density at radius 2 is 1.94 bits per heavy atom. The van der Waals surface area contributed by atoms with Crippen molar-refractivity contribution >= 4 is 29.2 Å². The summed E-state index contributed by atoms with van der Waals surface area (Å²) in [4.78, 5) is 21.4. The molecule has 0 fully saturated rings. The molecular weight excluding hydrogens is 256 g/mol. The van der Waals surface area contributed by atoms with Crippen LogP contribution in [0.1, 0.15) is 12.8 Å². The predicted molar refractivity (Wildman–Crippen MR) is 56.9 cm³/mol. The Kier molecular flexibility index (Phi) is 4.39. The number of amides is 1. The maximum absolute atomic E-state index is 13.2. The second-order valence-corrected chi connectivity index (χ2v) is 3.59. The quantitative estimate of drug-likeness (QED) is 0.877. The fraction of sp³-hybridized carbons (Fsp3) is 0.200. The van der Waals surface area contributed by atoms with Crippen LogP contribution in [0.5, 0.6) is 0 Å². The Balaban J connectivity index is 2.75. The fourth-order valence-electron chi connectivity index (χ4n) is 1.08. The van der Waals surface area contributed by atoms with Gasteiger partial charge in [-0.25, -0.2) is 8.78 Å². The molecule has 0 radical (unpaired) electrons. The molecule has 2 N–H and O–H groups in total. The lowest BCUT2D eigenvalue weighted by Gasteiger charge is -2.07. The van der Waals surface area contributed by atoms with Gasteiger partial charge in [0, 0.05) is 12.5 Å². The average molecular weight is 264 g/mol. The van der Waals surface area contributed by atoms with Crippen LogP contribution in [0.4, 0.5) is 14.5 Å². The Morgan fingerprint density at radius 3 is 2.47 bits per heavy atom. The van der Waals surface area contributed by atoms with Crippen molar-refractivity contribution in [2.45, 2.75) is 12.8 Å². The van der Waals surface area contributed by atoms with E-state index in [9.17, 15) is 18.4 Å². The molecular formula is C10H8ClF2NO3. The zero-order chi connectivity index (χ0) is 13.0. The average Bonchev–Trinajstić information content (AvgIpc) is 2.20. The lowest BCUT2D eigenvalue weighted by Crippen LogP contribution is -2.14. The third kappa shape index (κ3) is 3.99. The van der Waals surface area contributed by atoms with Gasteiger partial charge in [0.15, 0.2) is 5.82 Å². The molecule has 0 saturated heterocycles. The number of carboxylic acid groups (broad SMARTS) is 1. The molecule has 0 heterocycles. The summed E-state index contributed by atoms with van der Waals surface area (Å²) in [6.45, 7) is 0. The molecule has 92 valence electrons. The van der Waals surface area contributed by atoms with Gasteiger partial charge in [-0.05, 0) is 6.07 Å². The van der Waals surface area contributed by atoms with E-state index in [-0.39, 0.29) is 23.6 Å². The van der Waals surface area contributed by atoms with Gasteiger partial charge in [0.1, 0.15) is 5.82 Å². The maximum Gasteiger partial charge on any atom is 0.303 e. The normalized spacial score (nSPS) is 10.1. The highest BCUT2D eigenvalue weighted by Crippen LogP contribution is 2.26. The van der Waals surface area contributed by atoms with Crippen molar-refractivity contribution in [2.24, 2.45) is 0 Å². The molecule has 0 atom stereocenters.